The van der Waals surface area contributed by atoms with Gasteiger partial charge in [-0.2, -0.15) is 0 Å². The smallest absolute Gasteiger partial charge is 0.200 e. The van der Waals surface area contributed by atoms with Crippen LogP contribution in [0.15, 0.2) is 0 Å². The van der Waals surface area contributed by atoms with Gasteiger partial charge < -0.3 is 4.89 Å². The van der Waals surface area contributed by atoms with Crippen molar-refractivity contribution in [1.82, 2.24) is 0 Å². The van der Waals surface area contributed by atoms with Crippen molar-refractivity contribution in [3.05, 3.63) is 0 Å². The van der Waals surface area contributed by atoms with Crippen LogP contribution in [0.2, 0.25) is 0 Å². The molecule has 0 spiro atoms. The summed E-state index contributed by atoms with van der Waals surface area (Å²) in [6, 6.07) is 0. The monoisotopic (exact) mass is 320 g/mol. The maximum absolute atomic E-state index is 11.8. The zero-order valence-electron chi connectivity index (χ0n) is 12.1. The summed E-state index contributed by atoms with van der Waals surface area (Å²) in [5, 5.41) is 0. The molecule has 0 radical (unpaired) electrons. The van der Waals surface area contributed by atoms with Crippen LogP contribution in [0.25, 0.3) is 0 Å². The fourth-order valence-corrected chi connectivity index (χ4v) is 3.70. The number of hydrogen-bond donors (Lipinski definition) is 1. The second-order valence-corrected chi connectivity index (χ2v) is 7.71. The molecule has 0 aromatic heterocycles. The quantitative estimate of drug-likeness (QED) is 0.305. The minimum absolute atomic E-state index is 0. The van der Waals surface area contributed by atoms with E-state index in [1.165, 1.54) is 38.5 Å². The second kappa shape index (κ2) is 14.1. The third-order valence-corrected chi connectivity index (χ3v) is 5.25. The first-order chi connectivity index (χ1) is 8.12. The Morgan fingerprint density at radius 2 is 1.06 bits per heavy atom. The molecule has 18 heavy (non-hydrogen) atoms. The van der Waals surface area contributed by atoms with Crippen molar-refractivity contribution in [3.8, 4) is 0 Å². The van der Waals surface area contributed by atoms with E-state index in [-0.39, 0.29) is 16.5 Å². The standard InChI is InChI=1S/C14H31O2P.Ni/c1-3-5-7-9-11-13-17(15,16)14-12-10-8-6-4-2;/h3-14H2,1-2H3,(H,15,16);. The maximum atomic E-state index is 11.8. The molecule has 0 aliphatic rings. The first-order valence-corrected chi connectivity index (χ1v) is 9.46. The molecule has 0 saturated carbocycles. The van der Waals surface area contributed by atoms with Crippen LogP contribution in [0.3, 0.4) is 0 Å². The molecule has 0 aliphatic carbocycles. The molecule has 0 fully saturated rings. The van der Waals surface area contributed by atoms with Gasteiger partial charge in [-0.25, -0.2) is 0 Å². The minimum atomic E-state index is -2.79. The van der Waals surface area contributed by atoms with E-state index in [1.807, 2.05) is 0 Å². The van der Waals surface area contributed by atoms with Crippen LogP contribution in [-0.4, -0.2) is 17.2 Å². The topological polar surface area (TPSA) is 37.3 Å². The van der Waals surface area contributed by atoms with Gasteiger partial charge in [-0.3, -0.25) is 4.57 Å². The molecule has 0 atom stereocenters. The third-order valence-electron chi connectivity index (χ3n) is 3.22. The first-order valence-electron chi connectivity index (χ1n) is 7.43. The number of rotatable bonds is 12. The van der Waals surface area contributed by atoms with Gasteiger partial charge in [0.05, 0.1) is 0 Å². The third kappa shape index (κ3) is 14.7. The fraction of sp³-hybridized carbons (Fsp3) is 1.00. The zero-order chi connectivity index (χ0) is 13.0. The van der Waals surface area contributed by atoms with Gasteiger partial charge in [-0.05, 0) is 12.8 Å². The SMILES string of the molecule is CCCCCCCP(=O)(O)CCCCCCC.[Ni]. The Morgan fingerprint density at radius 3 is 1.39 bits per heavy atom. The Kier molecular flexibility index (Phi) is 16.4. The Balaban J connectivity index is 0. The van der Waals surface area contributed by atoms with Gasteiger partial charge in [0, 0.05) is 28.8 Å². The molecule has 0 aromatic rings. The van der Waals surface area contributed by atoms with E-state index in [9.17, 15) is 9.46 Å². The minimum Gasteiger partial charge on any atom is -0.344 e. The largest absolute Gasteiger partial charge is 0.344 e. The van der Waals surface area contributed by atoms with Gasteiger partial charge in [0.25, 0.3) is 0 Å². The Labute approximate surface area is 124 Å². The van der Waals surface area contributed by atoms with Crippen molar-refractivity contribution in [1.29, 1.82) is 0 Å². The summed E-state index contributed by atoms with van der Waals surface area (Å²) in [7, 11) is -2.79. The summed E-state index contributed by atoms with van der Waals surface area (Å²) in [6.45, 7) is 4.38. The molecule has 2 nitrogen and oxygen atoms in total. The van der Waals surface area contributed by atoms with E-state index in [1.54, 1.807) is 0 Å². The maximum Gasteiger partial charge on any atom is 0.200 e. The Bertz CT molecular complexity index is 192. The summed E-state index contributed by atoms with van der Waals surface area (Å²) in [5.74, 6) is 0. The van der Waals surface area contributed by atoms with Gasteiger partial charge in [0.15, 0.2) is 0 Å². The molecule has 0 bridgehead atoms. The van der Waals surface area contributed by atoms with Gasteiger partial charge in [-0.1, -0.05) is 65.2 Å². The summed E-state index contributed by atoms with van der Waals surface area (Å²) >= 11 is 0. The first kappa shape index (κ1) is 21.0. The molecular formula is C14H31NiO2P. The predicted molar refractivity (Wildman–Crippen MR) is 77.1 cm³/mol. The summed E-state index contributed by atoms with van der Waals surface area (Å²) in [4.78, 5) is 9.78. The number of hydrogen-bond acceptors (Lipinski definition) is 1. The molecule has 0 heterocycles. The van der Waals surface area contributed by atoms with E-state index < -0.39 is 7.37 Å². The molecule has 114 valence electrons. The average molecular weight is 321 g/mol. The van der Waals surface area contributed by atoms with Crippen molar-refractivity contribution in [3.63, 3.8) is 0 Å². The van der Waals surface area contributed by atoms with Gasteiger partial charge in [-0.15, -0.1) is 0 Å². The molecule has 0 amide bonds. The molecule has 0 saturated heterocycles. The predicted octanol–water partition coefficient (Wildman–Crippen LogP) is 5.20. The van der Waals surface area contributed by atoms with Crippen LogP contribution in [-0.2, 0) is 21.1 Å². The molecule has 0 unspecified atom stereocenters. The van der Waals surface area contributed by atoms with E-state index >= 15 is 0 Å². The molecule has 1 N–H and O–H groups in total. The van der Waals surface area contributed by atoms with Gasteiger partial charge in [0.2, 0.25) is 7.37 Å². The van der Waals surface area contributed by atoms with Crippen LogP contribution in [0.5, 0.6) is 0 Å². The Morgan fingerprint density at radius 1 is 0.722 bits per heavy atom. The molecule has 0 rings (SSSR count). The van der Waals surface area contributed by atoms with Crippen molar-refractivity contribution >= 4 is 7.37 Å². The van der Waals surface area contributed by atoms with Crippen LogP contribution in [0.1, 0.15) is 78.1 Å². The Hall–Kier alpha value is 0.684. The van der Waals surface area contributed by atoms with Crippen molar-refractivity contribution < 1.29 is 25.9 Å². The fourth-order valence-electron chi connectivity index (χ4n) is 2.04. The van der Waals surface area contributed by atoms with Gasteiger partial charge in [0.1, 0.15) is 0 Å². The molecule has 0 aromatic carbocycles. The van der Waals surface area contributed by atoms with Crippen LogP contribution < -0.4 is 0 Å². The van der Waals surface area contributed by atoms with Crippen LogP contribution >= 0.6 is 7.37 Å². The van der Waals surface area contributed by atoms with Crippen molar-refractivity contribution in [2.24, 2.45) is 0 Å². The molecule has 0 aliphatic heterocycles. The van der Waals surface area contributed by atoms with E-state index in [0.29, 0.717) is 12.3 Å². The number of unbranched alkanes of at least 4 members (excludes halogenated alkanes) is 8. The van der Waals surface area contributed by atoms with Gasteiger partial charge >= 0.3 is 0 Å². The van der Waals surface area contributed by atoms with E-state index in [0.717, 1.165) is 25.7 Å². The van der Waals surface area contributed by atoms with Crippen molar-refractivity contribution in [2.75, 3.05) is 12.3 Å². The van der Waals surface area contributed by atoms with E-state index in [2.05, 4.69) is 13.8 Å². The summed E-state index contributed by atoms with van der Waals surface area (Å²) in [5.41, 5.74) is 0. The molecular weight excluding hydrogens is 290 g/mol. The second-order valence-electron chi connectivity index (χ2n) is 5.12. The molecule has 4 heteroatoms. The van der Waals surface area contributed by atoms with Crippen molar-refractivity contribution in [2.45, 2.75) is 78.1 Å². The summed E-state index contributed by atoms with van der Waals surface area (Å²) < 4.78 is 11.8. The zero-order valence-corrected chi connectivity index (χ0v) is 14.0. The van der Waals surface area contributed by atoms with E-state index in [4.69, 9.17) is 0 Å². The van der Waals surface area contributed by atoms with Crippen LogP contribution in [0, 0.1) is 0 Å². The summed E-state index contributed by atoms with van der Waals surface area (Å²) in [6.07, 6.45) is 12.6. The normalized spacial score (nSPS) is 11.3. The average Bonchev–Trinajstić information content (AvgIpc) is 2.28. The van der Waals surface area contributed by atoms with Crippen LogP contribution in [0.4, 0.5) is 0 Å².